The summed E-state index contributed by atoms with van der Waals surface area (Å²) >= 11 is 0. The van der Waals surface area contributed by atoms with Gasteiger partial charge in [-0.1, -0.05) is 49.6 Å². The van der Waals surface area contributed by atoms with Gasteiger partial charge in [-0.3, -0.25) is 0 Å². The first-order valence-electron chi connectivity index (χ1n) is 9.57. The van der Waals surface area contributed by atoms with Gasteiger partial charge in [0.25, 0.3) is 0 Å². The lowest BCUT2D eigenvalue weighted by Crippen LogP contribution is -2.50. The first-order valence-corrected chi connectivity index (χ1v) is 9.57. The van der Waals surface area contributed by atoms with Crippen LogP contribution in [-0.4, -0.2) is 28.1 Å². The maximum Gasteiger partial charge on any atom is 0.318 e. The molecular formula is C21H27N3O. The lowest BCUT2D eigenvalue weighted by atomic mass is 9.95. The molecule has 0 radical (unpaired) electrons. The summed E-state index contributed by atoms with van der Waals surface area (Å²) in [6.07, 6.45) is 9.02. The number of nitrogens with zero attached hydrogens (tertiary/aromatic N) is 2. The van der Waals surface area contributed by atoms with Crippen molar-refractivity contribution >= 4 is 6.03 Å². The largest absolute Gasteiger partial charge is 0.348 e. The molecule has 1 saturated carbocycles. The highest BCUT2D eigenvalue weighted by molar-refractivity contribution is 5.75. The number of nitrogens with one attached hydrogen (secondary N) is 1. The fourth-order valence-electron chi connectivity index (χ4n) is 4.26. The van der Waals surface area contributed by atoms with E-state index < -0.39 is 0 Å². The summed E-state index contributed by atoms with van der Waals surface area (Å²) in [5.74, 6) is 0. The van der Waals surface area contributed by atoms with E-state index in [9.17, 15) is 4.79 Å². The minimum absolute atomic E-state index is 0.106. The molecule has 132 valence electrons. The fourth-order valence-corrected chi connectivity index (χ4v) is 4.26. The number of hydrogen-bond donors (Lipinski definition) is 1. The van der Waals surface area contributed by atoms with E-state index in [4.69, 9.17) is 0 Å². The first-order chi connectivity index (χ1) is 12.3. The number of aromatic nitrogens is 1. The molecule has 1 aromatic heterocycles. The normalized spacial score (nSPS) is 21.0. The van der Waals surface area contributed by atoms with Gasteiger partial charge < -0.3 is 14.8 Å². The molecule has 0 spiro atoms. The highest BCUT2D eigenvalue weighted by Crippen LogP contribution is 2.30. The van der Waals surface area contributed by atoms with E-state index in [1.807, 2.05) is 6.07 Å². The molecule has 4 rings (SSSR count). The van der Waals surface area contributed by atoms with Crippen LogP contribution in [0.5, 0.6) is 0 Å². The predicted molar refractivity (Wildman–Crippen MR) is 99.4 cm³/mol. The quantitative estimate of drug-likeness (QED) is 0.898. The zero-order chi connectivity index (χ0) is 17.1. The minimum atomic E-state index is 0.106. The van der Waals surface area contributed by atoms with Gasteiger partial charge in [0.15, 0.2) is 0 Å². The summed E-state index contributed by atoms with van der Waals surface area (Å²) in [5.41, 5.74) is 2.52. The van der Waals surface area contributed by atoms with Crippen LogP contribution in [-0.2, 0) is 13.0 Å². The van der Waals surface area contributed by atoms with Gasteiger partial charge in [0, 0.05) is 31.0 Å². The molecule has 2 heterocycles. The second-order valence-electron chi connectivity index (χ2n) is 7.31. The van der Waals surface area contributed by atoms with Crippen LogP contribution in [0.2, 0.25) is 0 Å². The second-order valence-corrected chi connectivity index (χ2v) is 7.31. The van der Waals surface area contributed by atoms with Crippen molar-refractivity contribution in [1.29, 1.82) is 0 Å². The van der Waals surface area contributed by atoms with Crippen LogP contribution >= 0.6 is 0 Å². The summed E-state index contributed by atoms with van der Waals surface area (Å²) in [6, 6.07) is 15.3. The van der Waals surface area contributed by atoms with Crippen LogP contribution in [0, 0.1) is 0 Å². The van der Waals surface area contributed by atoms with Crippen molar-refractivity contribution < 1.29 is 4.79 Å². The van der Waals surface area contributed by atoms with Gasteiger partial charge in [-0.05, 0) is 37.0 Å². The van der Waals surface area contributed by atoms with Gasteiger partial charge >= 0.3 is 6.03 Å². The van der Waals surface area contributed by atoms with Crippen LogP contribution in [0.3, 0.4) is 0 Å². The Kier molecular flexibility index (Phi) is 4.77. The Morgan fingerprint density at radius 1 is 1.00 bits per heavy atom. The topological polar surface area (TPSA) is 37.3 Å². The first kappa shape index (κ1) is 16.2. The summed E-state index contributed by atoms with van der Waals surface area (Å²) in [7, 11) is 0. The molecule has 1 aromatic carbocycles. The lowest BCUT2D eigenvalue weighted by molar-refractivity contribution is 0.149. The van der Waals surface area contributed by atoms with Gasteiger partial charge in [-0.25, -0.2) is 4.79 Å². The van der Waals surface area contributed by atoms with E-state index >= 15 is 0 Å². The van der Waals surface area contributed by atoms with Crippen LogP contribution < -0.4 is 5.32 Å². The monoisotopic (exact) mass is 337 g/mol. The standard InChI is InChI=1S/C21H27N3O/c25-21(22-18-10-5-2-6-11-18)24-15-14-23-13-7-12-19(23)20(24)16-17-8-3-1-4-9-17/h1,3-4,7-9,12-13,18,20H,2,5-6,10-11,14-16H2,(H,22,25)/t20-/m1/s1. The Labute approximate surface area is 149 Å². The number of urea groups is 1. The van der Waals surface area contributed by atoms with Crippen molar-refractivity contribution in [2.24, 2.45) is 0 Å². The Balaban J connectivity index is 1.53. The minimum Gasteiger partial charge on any atom is -0.348 e. The average molecular weight is 337 g/mol. The molecule has 4 heteroatoms. The maximum absolute atomic E-state index is 13.0. The number of benzene rings is 1. The molecule has 2 aliphatic rings. The van der Waals surface area contributed by atoms with E-state index in [0.717, 1.165) is 32.4 Å². The number of amides is 2. The second kappa shape index (κ2) is 7.34. The smallest absolute Gasteiger partial charge is 0.318 e. The third-order valence-electron chi connectivity index (χ3n) is 5.63. The zero-order valence-electron chi connectivity index (χ0n) is 14.7. The van der Waals surface area contributed by atoms with Gasteiger partial charge in [-0.15, -0.1) is 0 Å². The number of carbonyl (C=O) groups excluding carboxylic acids is 1. The number of rotatable bonds is 3. The van der Waals surface area contributed by atoms with Crippen molar-refractivity contribution in [3.8, 4) is 0 Å². The molecule has 4 nitrogen and oxygen atoms in total. The molecule has 25 heavy (non-hydrogen) atoms. The molecule has 0 saturated heterocycles. The highest BCUT2D eigenvalue weighted by atomic mass is 16.2. The van der Waals surface area contributed by atoms with Crippen LogP contribution in [0.25, 0.3) is 0 Å². The van der Waals surface area contributed by atoms with E-state index in [0.29, 0.717) is 6.04 Å². The van der Waals surface area contributed by atoms with Crippen LogP contribution in [0.4, 0.5) is 4.79 Å². The predicted octanol–water partition coefficient (Wildman–Crippen LogP) is 4.13. The summed E-state index contributed by atoms with van der Waals surface area (Å²) in [5, 5.41) is 3.31. The van der Waals surface area contributed by atoms with Crippen LogP contribution in [0.15, 0.2) is 48.7 Å². The molecule has 1 fully saturated rings. The van der Waals surface area contributed by atoms with Crippen LogP contribution in [0.1, 0.15) is 49.4 Å². The molecule has 1 atom stereocenters. The van der Waals surface area contributed by atoms with Crippen molar-refractivity contribution in [3.05, 3.63) is 59.9 Å². The van der Waals surface area contributed by atoms with Gasteiger partial charge in [-0.2, -0.15) is 0 Å². The molecule has 1 N–H and O–H groups in total. The SMILES string of the molecule is O=C(NC1CCCCC1)N1CCn2cccc2[C@H]1Cc1ccccc1. The Morgan fingerprint density at radius 2 is 1.80 bits per heavy atom. The maximum atomic E-state index is 13.0. The fraction of sp³-hybridized carbons (Fsp3) is 0.476. The van der Waals surface area contributed by atoms with Gasteiger partial charge in [0.05, 0.1) is 6.04 Å². The van der Waals surface area contributed by atoms with Crippen molar-refractivity contribution in [3.63, 3.8) is 0 Å². The zero-order valence-corrected chi connectivity index (χ0v) is 14.7. The molecule has 0 unspecified atom stereocenters. The Bertz CT molecular complexity index is 703. The van der Waals surface area contributed by atoms with Gasteiger partial charge in [0.1, 0.15) is 0 Å². The molecule has 1 aliphatic heterocycles. The molecule has 2 amide bonds. The number of hydrogen-bond acceptors (Lipinski definition) is 1. The Hall–Kier alpha value is -2.23. The van der Waals surface area contributed by atoms with E-state index in [1.165, 1.54) is 30.5 Å². The third kappa shape index (κ3) is 3.58. The molecular weight excluding hydrogens is 310 g/mol. The number of carbonyl (C=O) groups is 1. The Morgan fingerprint density at radius 3 is 2.60 bits per heavy atom. The van der Waals surface area contributed by atoms with Crippen molar-refractivity contribution in [2.45, 2.75) is 57.2 Å². The lowest BCUT2D eigenvalue weighted by Gasteiger charge is -2.38. The molecule has 0 bridgehead atoms. The number of fused-ring (bicyclic) bond motifs is 1. The summed E-state index contributed by atoms with van der Waals surface area (Å²) in [4.78, 5) is 15.1. The summed E-state index contributed by atoms with van der Waals surface area (Å²) < 4.78 is 2.29. The van der Waals surface area contributed by atoms with Crippen molar-refractivity contribution in [2.75, 3.05) is 6.54 Å². The molecule has 1 aliphatic carbocycles. The summed E-state index contributed by atoms with van der Waals surface area (Å²) in [6.45, 7) is 1.66. The van der Waals surface area contributed by atoms with E-state index in [2.05, 4.69) is 57.4 Å². The highest BCUT2D eigenvalue weighted by Gasteiger charge is 2.32. The third-order valence-corrected chi connectivity index (χ3v) is 5.63. The molecule has 2 aromatic rings. The van der Waals surface area contributed by atoms with E-state index in [-0.39, 0.29) is 12.1 Å². The van der Waals surface area contributed by atoms with Crippen molar-refractivity contribution in [1.82, 2.24) is 14.8 Å². The van der Waals surface area contributed by atoms with Gasteiger partial charge in [0.2, 0.25) is 0 Å². The van der Waals surface area contributed by atoms with E-state index in [1.54, 1.807) is 0 Å². The average Bonchev–Trinajstić information content (AvgIpc) is 3.13.